The second-order valence-corrected chi connectivity index (χ2v) is 7.04. The van der Waals surface area contributed by atoms with Crippen LogP contribution in [0.2, 0.25) is 0 Å². The summed E-state index contributed by atoms with van der Waals surface area (Å²) < 4.78 is 19.0. The smallest absolute Gasteiger partial charge is 0.132 e. The van der Waals surface area contributed by atoms with Gasteiger partial charge in [0.1, 0.15) is 24.0 Å². The fourth-order valence-corrected chi connectivity index (χ4v) is 3.58. The number of nitrogens with zero attached hydrogens (tertiary/aromatic N) is 2. The summed E-state index contributed by atoms with van der Waals surface area (Å²) in [5.41, 5.74) is 2.92. The quantitative estimate of drug-likeness (QED) is 0.559. The molecule has 1 aromatic heterocycles. The van der Waals surface area contributed by atoms with Gasteiger partial charge in [-0.1, -0.05) is 66.7 Å². The lowest BCUT2D eigenvalue weighted by molar-refractivity contribution is -0.0793. The number of rotatable bonds is 9. The lowest BCUT2D eigenvalue weighted by atomic mass is 10.0. The summed E-state index contributed by atoms with van der Waals surface area (Å²) in [7, 11) is 0. The average molecular weight is 391 g/mol. The monoisotopic (exact) mass is 391 g/mol. The molecule has 0 saturated carbocycles. The molecule has 150 valence electrons. The van der Waals surface area contributed by atoms with Crippen molar-refractivity contribution in [2.24, 2.45) is 0 Å². The van der Waals surface area contributed by atoms with E-state index in [1.54, 1.807) is 6.20 Å². The topological polar surface area (TPSA) is 69.3 Å². The number of hydrogen-bond acceptors (Lipinski definition) is 5. The molecule has 1 N–H and O–H groups in total. The van der Waals surface area contributed by atoms with Gasteiger partial charge in [0.15, 0.2) is 0 Å². The zero-order valence-corrected chi connectivity index (χ0v) is 16.2. The molecular weight excluding hydrogens is 366 g/mol. The summed E-state index contributed by atoms with van der Waals surface area (Å²) in [5, 5.41) is 10.8. The molecule has 1 aliphatic rings. The third-order valence-corrected chi connectivity index (χ3v) is 5.00. The maximum absolute atomic E-state index is 6.34. The Morgan fingerprint density at radius 3 is 2.10 bits per heavy atom. The van der Waals surface area contributed by atoms with Gasteiger partial charge in [-0.25, -0.2) is 0 Å². The molecule has 4 atom stereocenters. The van der Waals surface area contributed by atoms with Crippen molar-refractivity contribution in [2.45, 2.75) is 44.1 Å². The second-order valence-electron chi connectivity index (χ2n) is 7.04. The Bertz CT molecular complexity index is 871. The molecule has 1 fully saturated rings. The number of H-pyrrole nitrogens is 1. The summed E-state index contributed by atoms with van der Waals surface area (Å²) >= 11 is 0. The highest BCUT2D eigenvalue weighted by atomic mass is 16.6. The first-order valence-corrected chi connectivity index (χ1v) is 9.78. The van der Waals surface area contributed by atoms with Crippen molar-refractivity contribution in [2.75, 3.05) is 0 Å². The molecule has 2 heterocycles. The Kier molecular flexibility index (Phi) is 6.46. The summed E-state index contributed by atoms with van der Waals surface area (Å²) in [6.45, 7) is 4.83. The second kappa shape index (κ2) is 9.60. The Labute approximate surface area is 170 Å². The molecule has 6 nitrogen and oxygen atoms in total. The van der Waals surface area contributed by atoms with Crippen molar-refractivity contribution in [1.82, 2.24) is 15.4 Å². The van der Waals surface area contributed by atoms with Gasteiger partial charge in [-0.2, -0.15) is 15.4 Å². The summed E-state index contributed by atoms with van der Waals surface area (Å²) in [6.07, 6.45) is 3.10. The van der Waals surface area contributed by atoms with E-state index in [2.05, 4.69) is 22.0 Å². The van der Waals surface area contributed by atoms with Crippen molar-refractivity contribution < 1.29 is 14.2 Å². The molecule has 0 bridgehead atoms. The van der Waals surface area contributed by atoms with Crippen molar-refractivity contribution in [3.8, 4) is 0 Å². The van der Waals surface area contributed by atoms with Crippen LogP contribution in [0, 0.1) is 0 Å². The molecule has 4 rings (SSSR count). The van der Waals surface area contributed by atoms with Crippen LogP contribution in [0.5, 0.6) is 0 Å². The van der Waals surface area contributed by atoms with Gasteiger partial charge < -0.3 is 14.2 Å². The van der Waals surface area contributed by atoms with Gasteiger partial charge in [-0.3, -0.25) is 0 Å². The van der Waals surface area contributed by atoms with E-state index in [0.29, 0.717) is 25.3 Å². The molecule has 0 amide bonds. The zero-order valence-electron chi connectivity index (χ0n) is 16.2. The van der Waals surface area contributed by atoms with E-state index in [0.717, 1.165) is 11.1 Å². The van der Waals surface area contributed by atoms with E-state index in [9.17, 15) is 0 Å². The van der Waals surface area contributed by atoms with Crippen LogP contribution in [0.1, 0.15) is 29.3 Å². The minimum Gasteiger partial charge on any atom is -0.368 e. The summed E-state index contributed by atoms with van der Waals surface area (Å²) in [5.74, 6) is 0. The number of nitrogens with one attached hydrogen (secondary N) is 1. The Balaban J connectivity index is 1.54. The molecule has 0 unspecified atom stereocenters. The van der Waals surface area contributed by atoms with E-state index in [1.165, 1.54) is 0 Å². The van der Waals surface area contributed by atoms with Crippen molar-refractivity contribution in [3.05, 3.63) is 96.3 Å². The fourth-order valence-electron chi connectivity index (χ4n) is 3.58. The van der Waals surface area contributed by atoms with Gasteiger partial charge in [0.25, 0.3) is 0 Å². The molecule has 0 spiro atoms. The molecule has 0 radical (unpaired) electrons. The molecule has 29 heavy (non-hydrogen) atoms. The predicted octanol–water partition coefficient (Wildman–Crippen LogP) is 3.99. The Morgan fingerprint density at radius 2 is 1.55 bits per heavy atom. The highest BCUT2D eigenvalue weighted by molar-refractivity contribution is 5.15. The Hall–Kier alpha value is -2.80. The summed E-state index contributed by atoms with van der Waals surface area (Å²) in [4.78, 5) is 0. The normalized spacial score (nSPS) is 23.9. The number of aromatic amines is 1. The fraction of sp³-hybridized carbons (Fsp3) is 0.304. The van der Waals surface area contributed by atoms with Crippen LogP contribution < -0.4 is 0 Å². The third-order valence-electron chi connectivity index (χ3n) is 5.00. The number of ether oxygens (including phenoxy) is 3. The average Bonchev–Trinajstić information content (AvgIpc) is 3.41. The SMILES string of the molecule is C=CC[C@H]1O[C@H](c2cn[nH]n2)[C@@H](OCc2ccccc2)[C@H]1OCc1ccccc1. The molecular formula is C23H25N3O3. The largest absolute Gasteiger partial charge is 0.368 e. The minimum atomic E-state index is -0.358. The Morgan fingerprint density at radius 1 is 0.931 bits per heavy atom. The van der Waals surface area contributed by atoms with Crippen LogP contribution >= 0.6 is 0 Å². The number of aromatic nitrogens is 3. The number of hydrogen-bond donors (Lipinski definition) is 1. The standard InChI is InChI=1S/C23H25N3O3/c1-2-9-20-22(27-15-17-10-5-3-6-11-17)23(21(29-20)19-14-24-26-25-19)28-16-18-12-7-4-8-13-18/h2-8,10-14,20-23H,1,9,15-16H2,(H,24,25,26)/t20-,21-,22+,23-/m1/s1. The first-order chi connectivity index (χ1) is 14.3. The molecule has 2 aromatic carbocycles. The van der Waals surface area contributed by atoms with Crippen molar-refractivity contribution in [3.63, 3.8) is 0 Å². The van der Waals surface area contributed by atoms with E-state index >= 15 is 0 Å². The van der Waals surface area contributed by atoms with Crippen LogP contribution in [0.25, 0.3) is 0 Å². The molecule has 0 aliphatic carbocycles. The van der Waals surface area contributed by atoms with Gasteiger partial charge >= 0.3 is 0 Å². The van der Waals surface area contributed by atoms with Crippen LogP contribution in [0.3, 0.4) is 0 Å². The first-order valence-electron chi connectivity index (χ1n) is 9.78. The first kappa shape index (κ1) is 19.5. The van der Waals surface area contributed by atoms with Crippen molar-refractivity contribution in [1.29, 1.82) is 0 Å². The van der Waals surface area contributed by atoms with Crippen LogP contribution in [0.15, 0.2) is 79.5 Å². The zero-order chi connectivity index (χ0) is 19.9. The van der Waals surface area contributed by atoms with E-state index in [1.807, 2.05) is 66.7 Å². The maximum atomic E-state index is 6.34. The van der Waals surface area contributed by atoms with Crippen molar-refractivity contribution >= 4 is 0 Å². The van der Waals surface area contributed by atoms with Gasteiger partial charge in [0.05, 0.1) is 25.5 Å². The van der Waals surface area contributed by atoms with Crippen LogP contribution in [0.4, 0.5) is 0 Å². The van der Waals surface area contributed by atoms with E-state index in [4.69, 9.17) is 14.2 Å². The maximum Gasteiger partial charge on any atom is 0.132 e. The number of benzene rings is 2. The van der Waals surface area contributed by atoms with Gasteiger partial charge in [0, 0.05) is 0 Å². The lowest BCUT2D eigenvalue weighted by Crippen LogP contribution is -2.35. The molecule has 1 aliphatic heterocycles. The minimum absolute atomic E-state index is 0.168. The van der Waals surface area contributed by atoms with Crippen LogP contribution in [-0.4, -0.2) is 33.7 Å². The summed E-state index contributed by atoms with van der Waals surface area (Å²) in [6, 6.07) is 20.2. The predicted molar refractivity (Wildman–Crippen MR) is 109 cm³/mol. The molecule has 6 heteroatoms. The van der Waals surface area contributed by atoms with Gasteiger partial charge in [0.2, 0.25) is 0 Å². The molecule has 1 saturated heterocycles. The highest BCUT2D eigenvalue weighted by Gasteiger charge is 2.47. The highest BCUT2D eigenvalue weighted by Crippen LogP contribution is 2.38. The van der Waals surface area contributed by atoms with Gasteiger partial charge in [-0.05, 0) is 17.5 Å². The molecule has 3 aromatic rings. The van der Waals surface area contributed by atoms with E-state index in [-0.39, 0.29) is 24.4 Å². The lowest BCUT2D eigenvalue weighted by Gasteiger charge is -2.24. The van der Waals surface area contributed by atoms with Crippen LogP contribution in [-0.2, 0) is 27.4 Å². The third kappa shape index (κ3) is 4.79. The van der Waals surface area contributed by atoms with E-state index < -0.39 is 0 Å². The van der Waals surface area contributed by atoms with Gasteiger partial charge in [-0.15, -0.1) is 6.58 Å².